The van der Waals surface area contributed by atoms with Crippen molar-refractivity contribution in [2.45, 2.75) is 43.7 Å². The molecule has 2 fully saturated rings. The van der Waals surface area contributed by atoms with Gasteiger partial charge >= 0.3 is 6.03 Å². The maximum Gasteiger partial charge on any atom is 0.322 e. The molecular weight excluding hydrogens is 410 g/mol. The van der Waals surface area contributed by atoms with Crippen LogP contribution >= 0.6 is 0 Å². The number of fused-ring (bicyclic) bond motifs is 1. The van der Waals surface area contributed by atoms with Crippen LogP contribution in [0, 0.1) is 5.92 Å². The monoisotopic (exact) mass is 435 g/mol. The van der Waals surface area contributed by atoms with Crippen molar-refractivity contribution in [3.63, 3.8) is 0 Å². The highest BCUT2D eigenvalue weighted by molar-refractivity contribution is 6.08. The van der Waals surface area contributed by atoms with Crippen molar-refractivity contribution in [2.24, 2.45) is 11.8 Å². The van der Waals surface area contributed by atoms with Crippen molar-refractivity contribution in [1.29, 1.82) is 0 Å². The third kappa shape index (κ3) is 3.38. The highest BCUT2D eigenvalue weighted by Crippen LogP contribution is 2.42. The van der Waals surface area contributed by atoms with Gasteiger partial charge in [0.25, 0.3) is 11.8 Å². The lowest BCUT2D eigenvalue weighted by Crippen LogP contribution is -2.60. The molecule has 2 aromatic rings. The maximum absolute atomic E-state index is 13.0. The van der Waals surface area contributed by atoms with Gasteiger partial charge in [0, 0.05) is 24.5 Å². The molecule has 166 valence electrons. The number of nitrogens with two attached hydrogens (primary N) is 1. The van der Waals surface area contributed by atoms with Gasteiger partial charge in [-0.1, -0.05) is 0 Å². The molecule has 5 rings (SSSR count). The van der Waals surface area contributed by atoms with Gasteiger partial charge in [-0.15, -0.1) is 0 Å². The third-order valence-corrected chi connectivity index (χ3v) is 7.10. The summed E-state index contributed by atoms with van der Waals surface area (Å²) in [6, 6.07) is 8.61. The van der Waals surface area contributed by atoms with E-state index < -0.39 is 11.6 Å². The van der Waals surface area contributed by atoms with E-state index in [-0.39, 0.29) is 24.3 Å². The number of carbonyl (C=O) groups excluding carboxylic acids is 3. The predicted molar refractivity (Wildman–Crippen MR) is 114 cm³/mol. The first kappa shape index (κ1) is 20.4. The lowest BCUT2D eigenvalue weighted by Gasteiger charge is -2.41. The molecule has 4 N–H and O–H groups in total. The molecule has 0 radical (unpaired) electrons. The molecule has 1 aliphatic carbocycles. The van der Waals surface area contributed by atoms with Gasteiger partial charge in [-0.25, -0.2) is 4.79 Å². The van der Waals surface area contributed by atoms with Crippen molar-refractivity contribution < 1.29 is 19.2 Å². The predicted octanol–water partition coefficient (Wildman–Crippen LogP) is 1.84. The molecule has 32 heavy (non-hydrogen) atoms. The molecule has 0 unspecified atom stereocenters. The van der Waals surface area contributed by atoms with Crippen LogP contribution in [0.4, 0.5) is 4.79 Å². The minimum absolute atomic E-state index is 0.0634. The van der Waals surface area contributed by atoms with Gasteiger partial charge in [0.1, 0.15) is 11.3 Å². The molecule has 3 heterocycles. The molecule has 1 aromatic carbocycles. The quantitative estimate of drug-likeness (QED) is 0.486. The van der Waals surface area contributed by atoms with E-state index >= 15 is 0 Å². The molecule has 0 spiro atoms. The number of imide groups is 1. The van der Waals surface area contributed by atoms with Crippen LogP contribution in [0.2, 0.25) is 0 Å². The second-order valence-corrected chi connectivity index (χ2v) is 8.81. The topological polar surface area (TPSA) is 127 Å². The molecule has 3 aliphatic rings. The van der Waals surface area contributed by atoms with Crippen LogP contribution in [0.15, 0.2) is 42.7 Å². The summed E-state index contributed by atoms with van der Waals surface area (Å²) in [5.41, 5.74) is 1.47. The number of urea groups is 1. The zero-order valence-electron chi connectivity index (χ0n) is 17.5. The van der Waals surface area contributed by atoms with Crippen molar-refractivity contribution in [3.8, 4) is 5.75 Å². The molecule has 4 amide bonds. The zero-order chi connectivity index (χ0) is 22.3. The molecule has 9 heteroatoms. The van der Waals surface area contributed by atoms with Crippen LogP contribution in [0.1, 0.15) is 53.1 Å². The zero-order valence-corrected chi connectivity index (χ0v) is 17.5. The SMILES string of the molecule is NOc1ccc2c(c1)CN(C[C@@]1(C3CCC(c4ccncc4)CC3)NC(=O)NC1=O)C2=O. The number of rotatable bonds is 5. The average molecular weight is 435 g/mol. The first-order valence-corrected chi connectivity index (χ1v) is 10.8. The van der Waals surface area contributed by atoms with Crippen molar-refractivity contribution in [2.75, 3.05) is 6.54 Å². The van der Waals surface area contributed by atoms with E-state index in [1.807, 2.05) is 12.1 Å². The first-order chi connectivity index (χ1) is 15.5. The van der Waals surface area contributed by atoms with Gasteiger partial charge in [0.15, 0.2) is 0 Å². The van der Waals surface area contributed by atoms with Crippen molar-refractivity contribution >= 4 is 17.8 Å². The fourth-order valence-electron chi connectivity index (χ4n) is 5.45. The summed E-state index contributed by atoms with van der Waals surface area (Å²) in [6.45, 7) is 0.462. The number of hydrogen-bond acceptors (Lipinski definition) is 6. The van der Waals surface area contributed by atoms with Crippen LogP contribution in [0.5, 0.6) is 5.75 Å². The number of nitrogens with zero attached hydrogens (tertiary/aromatic N) is 2. The number of amides is 4. The summed E-state index contributed by atoms with van der Waals surface area (Å²) in [4.78, 5) is 48.8. The second-order valence-electron chi connectivity index (χ2n) is 8.81. The van der Waals surface area contributed by atoms with E-state index in [4.69, 9.17) is 10.7 Å². The average Bonchev–Trinajstić information content (AvgIpc) is 3.29. The Hall–Kier alpha value is -3.46. The highest BCUT2D eigenvalue weighted by atomic mass is 16.6. The van der Waals surface area contributed by atoms with E-state index in [1.165, 1.54) is 5.56 Å². The molecule has 9 nitrogen and oxygen atoms in total. The van der Waals surface area contributed by atoms with Crippen LogP contribution in [-0.4, -0.2) is 39.8 Å². The molecule has 1 saturated carbocycles. The van der Waals surface area contributed by atoms with Gasteiger partial charge in [-0.3, -0.25) is 19.9 Å². The Labute approximate surface area is 185 Å². The summed E-state index contributed by atoms with van der Waals surface area (Å²) in [7, 11) is 0. The van der Waals surface area contributed by atoms with Crippen LogP contribution in [0.25, 0.3) is 0 Å². The molecular formula is C23H25N5O4. The van der Waals surface area contributed by atoms with E-state index in [9.17, 15) is 14.4 Å². The molecule has 1 aromatic heterocycles. The van der Waals surface area contributed by atoms with E-state index in [2.05, 4.69) is 15.6 Å². The standard InChI is InChI=1S/C23H25N5O4/c24-32-18-5-6-19-16(11-18)12-28(20(19)29)13-23(21(30)26-22(31)27-23)17-3-1-14(2-4-17)15-7-9-25-10-8-15/h5-11,14,17H,1-4,12-13,24H2,(H2,26,27,30,31)/t14?,17?,23-/m0/s1. The Morgan fingerprint density at radius 2 is 1.84 bits per heavy atom. The number of aromatic nitrogens is 1. The molecule has 1 atom stereocenters. The fourth-order valence-corrected chi connectivity index (χ4v) is 5.45. The number of pyridine rings is 1. The van der Waals surface area contributed by atoms with Crippen molar-refractivity contribution in [3.05, 3.63) is 59.4 Å². The maximum atomic E-state index is 13.0. The van der Waals surface area contributed by atoms with E-state index in [0.717, 1.165) is 31.2 Å². The Kier molecular flexibility index (Phi) is 5.05. The first-order valence-electron chi connectivity index (χ1n) is 10.8. The highest BCUT2D eigenvalue weighted by Gasteiger charge is 2.54. The number of carbonyl (C=O) groups is 3. The number of hydrogen-bond donors (Lipinski definition) is 3. The number of benzene rings is 1. The van der Waals surface area contributed by atoms with Gasteiger partial charge in [0.2, 0.25) is 0 Å². The minimum atomic E-state index is -1.13. The Morgan fingerprint density at radius 1 is 1.09 bits per heavy atom. The van der Waals surface area contributed by atoms with Crippen LogP contribution in [-0.2, 0) is 11.3 Å². The molecule has 0 bridgehead atoms. The Morgan fingerprint density at radius 3 is 2.50 bits per heavy atom. The summed E-state index contributed by atoms with van der Waals surface area (Å²) < 4.78 is 0. The summed E-state index contributed by atoms with van der Waals surface area (Å²) in [5.74, 6) is 5.53. The third-order valence-electron chi connectivity index (χ3n) is 7.10. The fraction of sp³-hybridized carbons (Fsp3) is 0.391. The normalized spacial score (nSPS) is 27.2. The van der Waals surface area contributed by atoms with E-state index in [1.54, 1.807) is 35.5 Å². The molecule has 2 aliphatic heterocycles. The summed E-state index contributed by atoms with van der Waals surface area (Å²) >= 11 is 0. The lowest BCUT2D eigenvalue weighted by atomic mass is 9.70. The largest absolute Gasteiger partial charge is 0.412 e. The summed E-state index contributed by atoms with van der Waals surface area (Å²) in [5, 5.41) is 5.29. The van der Waals surface area contributed by atoms with E-state index in [0.29, 0.717) is 23.8 Å². The molecule has 1 saturated heterocycles. The minimum Gasteiger partial charge on any atom is -0.412 e. The van der Waals surface area contributed by atoms with Gasteiger partial charge in [-0.2, -0.15) is 5.90 Å². The second kappa shape index (κ2) is 7.90. The number of nitrogens with one attached hydrogen (secondary N) is 2. The lowest BCUT2D eigenvalue weighted by molar-refractivity contribution is -0.127. The van der Waals surface area contributed by atoms with Gasteiger partial charge in [-0.05, 0) is 79.0 Å². The van der Waals surface area contributed by atoms with Crippen LogP contribution < -0.4 is 21.4 Å². The Balaban J connectivity index is 1.36. The van der Waals surface area contributed by atoms with Gasteiger partial charge < -0.3 is 15.1 Å². The Bertz CT molecular complexity index is 1070. The van der Waals surface area contributed by atoms with Crippen LogP contribution in [0.3, 0.4) is 0 Å². The van der Waals surface area contributed by atoms with Gasteiger partial charge in [0.05, 0.1) is 6.54 Å². The summed E-state index contributed by atoms with van der Waals surface area (Å²) in [6.07, 6.45) is 6.97. The smallest absolute Gasteiger partial charge is 0.322 e. The van der Waals surface area contributed by atoms with Crippen molar-refractivity contribution in [1.82, 2.24) is 20.5 Å².